The zero-order valence-corrected chi connectivity index (χ0v) is 8.77. The van der Waals surface area contributed by atoms with Crippen LogP contribution in [0.2, 0.25) is 0 Å². The van der Waals surface area contributed by atoms with Crippen molar-refractivity contribution in [3.63, 3.8) is 0 Å². The molecule has 1 unspecified atom stereocenters. The Balaban J connectivity index is 2.59. The fourth-order valence-electron chi connectivity index (χ4n) is 1.72. The topological polar surface area (TPSA) is 46.2 Å². The third-order valence-electron chi connectivity index (χ3n) is 2.81. The highest BCUT2D eigenvalue weighted by Crippen LogP contribution is 2.27. The number of hydrogen-bond donors (Lipinski definition) is 2. The molecule has 2 aromatic rings. The van der Waals surface area contributed by atoms with Crippen molar-refractivity contribution in [3.8, 4) is 5.75 Å². The lowest BCUT2D eigenvalue weighted by molar-refractivity contribution is 0.481. The zero-order chi connectivity index (χ0) is 10.8. The number of fused-ring (bicyclic) bond motifs is 1. The molecule has 0 radical (unpaired) electrons. The van der Waals surface area contributed by atoms with Crippen LogP contribution in [-0.4, -0.2) is 11.7 Å². The van der Waals surface area contributed by atoms with Gasteiger partial charge in [-0.15, -0.1) is 0 Å². The first-order chi connectivity index (χ1) is 7.22. The number of rotatable bonds is 2. The average molecular weight is 201 g/mol. The van der Waals surface area contributed by atoms with Gasteiger partial charge < -0.3 is 10.8 Å². The molecule has 0 amide bonds. The Labute approximate surface area is 89.3 Å². The number of aromatic hydroxyl groups is 1. The summed E-state index contributed by atoms with van der Waals surface area (Å²) in [6.07, 6.45) is 0. The molecule has 0 saturated heterocycles. The lowest BCUT2D eigenvalue weighted by atomic mass is 9.98. The molecule has 0 bridgehead atoms. The molecule has 0 aliphatic heterocycles. The van der Waals surface area contributed by atoms with E-state index in [-0.39, 0.29) is 0 Å². The first kappa shape index (κ1) is 9.99. The van der Waals surface area contributed by atoms with Gasteiger partial charge in [-0.2, -0.15) is 0 Å². The summed E-state index contributed by atoms with van der Waals surface area (Å²) in [5.41, 5.74) is 6.80. The van der Waals surface area contributed by atoms with Crippen molar-refractivity contribution in [1.29, 1.82) is 0 Å². The molecule has 0 saturated carbocycles. The Morgan fingerprint density at radius 2 is 2.07 bits per heavy atom. The molecule has 0 aromatic heterocycles. The van der Waals surface area contributed by atoms with E-state index < -0.39 is 0 Å². The molecule has 0 spiro atoms. The van der Waals surface area contributed by atoms with Crippen LogP contribution in [0.25, 0.3) is 10.8 Å². The van der Waals surface area contributed by atoms with E-state index in [9.17, 15) is 5.11 Å². The van der Waals surface area contributed by atoms with Gasteiger partial charge in [-0.3, -0.25) is 0 Å². The Kier molecular flexibility index (Phi) is 2.60. The highest BCUT2D eigenvalue weighted by Gasteiger charge is 2.05. The number of phenolic OH excluding ortho intramolecular Hbond substituents is 1. The predicted molar refractivity (Wildman–Crippen MR) is 63.1 cm³/mol. The third kappa shape index (κ3) is 1.81. The van der Waals surface area contributed by atoms with Crippen LogP contribution < -0.4 is 5.73 Å². The van der Waals surface area contributed by atoms with E-state index in [0.29, 0.717) is 18.2 Å². The van der Waals surface area contributed by atoms with E-state index in [0.717, 1.165) is 10.8 Å². The van der Waals surface area contributed by atoms with Gasteiger partial charge in [-0.1, -0.05) is 31.2 Å². The van der Waals surface area contributed by atoms with E-state index in [1.54, 1.807) is 6.07 Å². The van der Waals surface area contributed by atoms with Gasteiger partial charge in [-0.25, -0.2) is 0 Å². The van der Waals surface area contributed by atoms with Gasteiger partial charge in [0.15, 0.2) is 0 Å². The van der Waals surface area contributed by atoms with Crippen LogP contribution >= 0.6 is 0 Å². The molecule has 2 heteroatoms. The molecule has 2 rings (SSSR count). The van der Waals surface area contributed by atoms with E-state index in [2.05, 4.69) is 13.0 Å². The largest absolute Gasteiger partial charge is 0.507 e. The smallest absolute Gasteiger partial charge is 0.123 e. The molecule has 0 aliphatic carbocycles. The number of benzene rings is 2. The van der Waals surface area contributed by atoms with Crippen LogP contribution in [-0.2, 0) is 0 Å². The third-order valence-corrected chi connectivity index (χ3v) is 2.81. The first-order valence-electron chi connectivity index (χ1n) is 5.14. The molecular formula is C13H15NO. The molecule has 0 fully saturated rings. The van der Waals surface area contributed by atoms with Crippen LogP contribution in [0.1, 0.15) is 18.4 Å². The van der Waals surface area contributed by atoms with Crippen LogP contribution in [0.4, 0.5) is 0 Å². The molecule has 0 heterocycles. The summed E-state index contributed by atoms with van der Waals surface area (Å²) in [5, 5.41) is 11.7. The molecule has 78 valence electrons. The predicted octanol–water partition coefficient (Wildman–Crippen LogP) is 2.61. The lowest BCUT2D eigenvalue weighted by Gasteiger charge is -2.10. The normalized spacial score (nSPS) is 12.9. The Morgan fingerprint density at radius 3 is 2.80 bits per heavy atom. The highest BCUT2D eigenvalue weighted by molar-refractivity contribution is 5.88. The van der Waals surface area contributed by atoms with Crippen molar-refractivity contribution < 1.29 is 5.11 Å². The van der Waals surface area contributed by atoms with E-state index in [1.165, 1.54) is 5.56 Å². The minimum absolute atomic E-state index is 0.328. The Morgan fingerprint density at radius 1 is 1.27 bits per heavy atom. The Hall–Kier alpha value is -1.54. The highest BCUT2D eigenvalue weighted by atomic mass is 16.3. The quantitative estimate of drug-likeness (QED) is 0.784. The summed E-state index contributed by atoms with van der Waals surface area (Å²) in [5.74, 6) is 0.660. The number of nitrogens with two attached hydrogens (primary N) is 1. The second kappa shape index (κ2) is 3.91. The zero-order valence-electron chi connectivity index (χ0n) is 8.77. The minimum Gasteiger partial charge on any atom is -0.507 e. The molecule has 2 aromatic carbocycles. The van der Waals surface area contributed by atoms with Crippen molar-refractivity contribution in [3.05, 3.63) is 42.0 Å². The summed E-state index contributed by atoms with van der Waals surface area (Å²) in [6.45, 7) is 2.71. The van der Waals surface area contributed by atoms with Crippen LogP contribution in [0.5, 0.6) is 5.75 Å². The van der Waals surface area contributed by atoms with Crippen molar-refractivity contribution in [2.75, 3.05) is 6.54 Å². The van der Waals surface area contributed by atoms with E-state index in [4.69, 9.17) is 5.73 Å². The van der Waals surface area contributed by atoms with Crippen molar-refractivity contribution in [2.45, 2.75) is 12.8 Å². The first-order valence-corrected chi connectivity index (χ1v) is 5.14. The second-order valence-electron chi connectivity index (χ2n) is 3.89. The molecule has 3 N–H and O–H groups in total. The monoisotopic (exact) mass is 201 g/mol. The van der Waals surface area contributed by atoms with E-state index in [1.807, 2.05) is 24.3 Å². The van der Waals surface area contributed by atoms with Gasteiger partial charge >= 0.3 is 0 Å². The molecule has 1 atom stereocenters. The van der Waals surface area contributed by atoms with Crippen LogP contribution in [0, 0.1) is 0 Å². The SMILES string of the molecule is CC(CN)c1ccc2cccc(O)c2c1. The van der Waals surface area contributed by atoms with Crippen molar-refractivity contribution >= 4 is 10.8 Å². The summed E-state index contributed by atoms with van der Waals surface area (Å²) in [6, 6.07) is 11.7. The number of hydrogen-bond acceptors (Lipinski definition) is 2. The summed E-state index contributed by atoms with van der Waals surface area (Å²) in [7, 11) is 0. The lowest BCUT2D eigenvalue weighted by Crippen LogP contribution is -2.08. The van der Waals surface area contributed by atoms with Gasteiger partial charge in [0, 0.05) is 5.39 Å². The maximum atomic E-state index is 9.72. The van der Waals surface area contributed by atoms with Crippen molar-refractivity contribution in [1.82, 2.24) is 0 Å². The average Bonchev–Trinajstić information content (AvgIpc) is 2.28. The van der Waals surface area contributed by atoms with Crippen LogP contribution in [0.15, 0.2) is 36.4 Å². The standard InChI is InChI=1S/C13H15NO/c1-9(8-14)11-6-5-10-3-2-4-13(15)12(10)7-11/h2-7,9,15H,8,14H2,1H3. The van der Waals surface area contributed by atoms with Gasteiger partial charge in [0.2, 0.25) is 0 Å². The van der Waals surface area contributed by atoms with Gasteiger partial charge in [0.1, 0.15) is 5.75 Å². The maximum Gasteiger partial charge on any atom is 0.123 e. The summed E-state index contributed by atoms with van der Waals surface area (Å²) < 4.78 is 0. The molecule has 2 nitrogen and oxygen atoms in total. The minimum atomic E-state index is 0.328. The second-order valence-corrected chi connectivity index (χ2v) is 3.89. The summed E-state index contributed by atoms with van der Waals surface area (Å²) in [4.78, 5) is 0. The van der Waals surface area contributed by atoms with Crippen LogP contribution in [0.3, 0.4) is 0 Å². The van der Waals surface area contributed by atoms with Gasteiger partial charge in [0.05, 0.1) is 0 Å². The van der Waals surface area contributed by atoms with Gasteiger partial charge in [0.25, 0.3) is 0 Å². The summed E-state index contributed by atoms with van der Waals surface area (Å²) >= 11 is 0. The fourth-order valence-corrected chi connectivity index (χ4v) is 1.72. The molecule has 15 heavy (non-hydrogen) atoms. The van der Waals surface area contributed by atoms with Gasteiger partial charge in [-0.05, 0) is 35.5 Å². The molecule has 0 aliphatic rings. The van der Waals surface area contributed by atoms with Crippen molar-refractivity contribution in [2.24, 2.45) is 5.73 Å². The number of phenols is 1. The van der Waals surface area contributed by atoms with E-state index >= 15 is 0 Å². The maximum absolute atomic E-state index is 9.72. The Bertz CT molecular complexity index is 479. The fraction of sp³-hybridized carbons (Fsp3) is 0.231. The molecular weight excluding hydrogens is 186 g/mol.